The highest BCUT2D eigenvalue weighted by Crippen LogP contribution is 1.96. The number of hydrogen-bond acceptors (Lipinski definition) is 4. The van der Waals surface area contributed by atoms with Crippen molar-refractivity contribution in [3.63, 3.8) is 0 Å². The third-order valence-corrected chi connectivity index (χ3v) is 3.52. The van der Waals surface area contributed by atoms with E-state index in [1.165, 1.54) is 6.92 Å². The monoisotopic (exact) mass is 319 g/mol. The molecule has 8 heteroatoms. The molecule has 21 heavy (non-hydrogen) atoms. The largest absolute Gasteiger partial charge is 0.544 e. The van der Waals surface area contributed by atoms with Crippen molar-refractivity contribution in [2.75, 3.05) is 27.7 Å². The highest BCUT2D eigenvalue weighted by atomic mass is 32.2. The Morgan fingerprint density at radius 1 is 1.24 bits per heavy atom. The number of pyridine rings is 1. The molecule has 1 heterocycles. The molecule has 0 spiro atoms. The van der Waals surface area contributed by atoms with Crippen molar-refractivity contribution in [1.29, 1.82) is 0 Å². The molecule has 0 amide bonds. The fourth-order valence-electron chi connectivity index (χ4n) is 1.33. The first-order valence-corrected chi connectivity index (χ1v) is 7.83. The van der Waals surface area contributed by atoms with Crippen molar-refractivity contribution in [2.24, 2.45) is 0 Å². The minimum absolute atomic E-state index is 0.0694. The molecule has 1 unspecified atom stereocenters. The fraction of sp³-hybridized carbons (Fsp3) is 0.538. The lowest BCUT2D eigenvalue weighted by molar-refractivity contribution is -0.864. The highest BCUT2D eigenvalue weighted by Gasteiger charge is 2.21. The van der Waals surface area contributed by atoms with Crippen LogP contribution in [-0.2, 0) is 21.5 Å². The van der Waals surface area contributed by atoms with Gasteiger partial charge >= 0.3 is 0 Å². The summed E-state index contributed by atoms with van der Waals surface area (Å²) in [5.41, 5.74) is 0. The molecular formula is C13H23N2O5S+. The van der Waals surface area contributed by atoms with Gasteiger partial charge in [-0.15, -0.1) is 0 Å². The topological polar surface area (TPSA) is 98.4 Å². The molecule has 1 aromatic rings. The van der Waals surface area contributed by atoms with Crippen LogP contribution >= 0.6 is 0 Å². The van der Waals surface area contributed by atoms with Gasteiger partial charge in [0.1, 0.15) is 11.8 Å². The first kappa shape index (κ1) is 19.5. The van der Waals surface area contributed by atoms with Crippen LogP contribution < -0.4 is 9.67 Å². The van der Waals surface area contributed by atoms with Crippen molar-refractivity contribution in [3.8, 4) is 0 Å². The zero-order valence-electron chi connectivity index (χ0n) is 12.8. The standard InChI is InChI=1S/C8H11NO3S.C5H11NO2/c1-8(13(10,11)12)7-9-5-3-2-4-6-9;1-6(2,3)4-5(7)8/h2-6,8H,7H2,1H3;4H2,1-3H3/p+1. The summed E-state index contributed by atoms with van der Waals surface area (Å²) in [6.45, 7) is 1.80. The second-order valence-corrected chi connectivity index (χ2v) is 7.55. The highest BCUT2D eigenvalue weighted by molar-refractivity contribution is 7.86. The van der Waals surface area contributed by atoms with Crippen LogP contribution in [0.15, 0.2) is 30.6 Å². The van der Waals surface area contributed by atoms with Gasteiger partial charge in [-0.1, -0.05) is 6.07 Å². The van der Waals surface area contributed by atoms with Gasteiger partial charge in [0.15, 0.2) is 18.9 Å². The quantitative estimate of drug-likeness (QED) is 0.413. The summed E-state index contributed by atoms with van der Waals surface area (Å²) in [7, 11) is 1.48. The lowest BCUT2D eigenvalue weighted by atomic mass is 10.4. The van der Waals surface area contributed by atoms with Crippen LogP contribution in [0.3, 0.4) is 0 Å². The van der Waals surface area contributed by atoms with Crippen LogP contribution in [0.5, 0.6) is 0 Å². The molecule has 0 aliphatic heterocycles. The Bertz CT molecular complexity index is 537. The third-order valence-electron chi connectivity index (χ3n) is 2.36. The molecule has 0 saturated heterocycles. The number of carbonyl (C=O) groups is 1. The van der Waals surface area contributed by atoms with Crippen LogP contribution in [0.4, 0.5) is 0 Å². The average molecular weight is 319 g/mol. The predicted octanol–water partition coefficient (Wildman–Crippen LogP) is -1.31. The summed E-state index contributed by atoms with van der Waals surface area (Å²) < 4.78 is 32.2. The molecule has 0 aliphatic carbocycles. The molecule has 1 atom stereocenters. The predicted molar refractivity (Wildman–Crippen MR) is 75.6 cm³/mol. The summed E-state index contributed by atoms with van der Waals surface area (Å²) in [6.07, 6.45) is 3.50. The molecule has 120 valence electrons. The summed E-state index contributed by atoms with van der Waals surface area (Å²) in [6, 6.07) is 5.45. The Morgan fingerprint density at radius 2 is 1.71 bits per heavy atom. The molecule has 0 radical (unpaired) electrons. The zero-order chi connectivity index (χ0) is 16.7. The van der Waals surface area contributed by atoms with Gasteiger partial charge in [-0.3, -0.25) is 4.55 Å². The van der Waals surface area contributed by atoms with Crippen LogP contribution in [0.2, 0.25) is 0 Å². The van der Waals surface area contributed by atoms with Gasteiger partial charge in [0, 0.05) is 12.1 Å². The number of aromatic nitrogens is 1. The number of carboxylic acid groups (broad SMARTS) is 1. The zero-order valence-corrected chi connectivity index (χ0v) is 13.6. The maximum Gasteiger partial charge on any atom is 0.273 e. The van der Waals surface area contributed by atoms with Gasteiger partial charge in [-0.05, 0) is 6.92 Å². The number of aliphatic carboxylic acids is 1. The van der Waals surface area contributed by atoms with E-state index in [1.54, 1.807) is 50.2 Å². The number of quaternary nitrogens is 1. The van der Waals surface area contributed by atoms with E-state index in [1.807, 2.05) is 6.07 Å². The Labute approximate surface area is 125 Å². The van der Waals surface area contributed by atoms with Crippen LogP contribution in [0, 0.1) is 0 Å². The molecule has 1 rings (SSSR count). The average Bonchev–Trinajstić information content (AvgIpc) is 2.26. The number of rotatable bonds is 5. The van der Waals surface area contributed by atoms with Crippen LogP contribution in [0.25, 0.3) is 0 Å². The van der Waals surface area contributed by atoms with Crippen molar-refractivity contribution >= 4 is 16.1 Å². The van der Waals surface area contributed by atoms with E-state index in [0.29, 0.717) is 4.48 Å². The molecule has 0 aromatic carbocycles. The van der Waals surface area contributed by atoms with E-state index in [9.17, 15) is 18.3 Å². The molecule has 7 nitrogen and oxygen atoms in total. The minimum atomic E-state index is -3.92. The van der Waals surface area contributed by atoms with Gasteiger partial charge in [0.25, 0.3) is 10.1 Å². The first-order valence-electron chi connectivity index (χ1n) is 6.32. The molecular weight excluding hydrogens is 296 g/mol. The number of carboxylic acids is 1. The van der Waals surface area contributed by atoms with Gasteiger partial charge in [-0.25, -0.2) is 4.57 Å². The van der Waals surface area contributed by atoms with E-state index >= 15 is 0 Å². The fourth-order valence-corrected chi connectivity index (χ4v) is 1.69. The lowest BCUT2D eigenvalue weighted by Gasteiger charge is -2.23. The number of carbonyl (C=O) groups excluding carboxylic acids is 1. The van der Waals surface area contributed by atoms with Gasteiger partial charge in [0.05, 0.1) is 27.1 Å². The normalized spacial score (nSPS) is 13.0. The number of hydrogen-bond donors (Lipinski definition) is 1. The van der Waals surface area contributed by atoms with E-state index in [-0.39, 0.29) is 13.1 Å². The maximum absolute atomic E-state index is 10.7. The van der Waals surface area contributed by atoms with Crippen molar-refractivity contribution < 1.29 is 31.9 Å². The Balaban J connectivity index is 0.000000433. The summed E-state index contributed by atoms with van der Waals surface area (Å²) in [4.78, 5) is 9.89. The van der Waals surface area contributed by atoms with Crippen molar-refractivity contribution in [3.05, 3.63) is 30.6 Å². The van der Waals surface area contributed by atoms with E-state index in [2.05, 4.69) is 0 Å². The van der Waals surface area contributed by atoms with Crippen LogP contribution in [-0.4, -0.2) is 56.4 Å². The minimum Gasteiger partial charge on any atom is -0.544 e. The molecule has 0 saturated carbocycles. The van der Waals surface area contributed by atoms with Crippen molar-refractivity contribution in [1.82, 2.24) is 0 Å². The first-order chi connectivity index (χ1) is 9.42. The molecule has 0 aliphatic rings. The number of nitrogens with zero attached hydrogens (tertiary/aromatic N) is 2. The Kier molecular flexibility index (Phi) is 7.48. The number of likely N-dealkylation sites (N-methyl/N-ethyl adjacent to an activating group) is 1. The van der Waals surface area contributed by atoms with E-state index in [4.69, 9.17) is 4.55 Å². The lowest BCUT2D eigenvalue weighted by Crippen LogP contribution is -2.45. The smallest absolute Gasteiger partial charge is 0.273 e. The summed E-state index contributed by atoms with van der Waals surface area (Å²) in [5.74, 6) is -1.00. The molecule has 0 fully saturated rings. The maximum atomic E-state index is 10.7. The summed E-state index contributed by atoms with van der Waals surface area (Å²) in [5, 5.41) is 9.11. The van der Waals surface area contributed by atoms with E-state index in [0.717, 1.165) is 0 Å². The summed E-state index contributed by atoms with van der Waals surface area (Å²) >= 11 is 0. The molecule has 0 bridgehead atoms. The second-order valence-electron chi connectivity index (χ2n) is 5.72. The van der Waals surface area contributed by atoms with E-state index < -0.39 is 21.3 Å². The Hall–Kier alpha value is -1.51. The molecule has 1 N–H and O–H groups in total. The van der Waals surface area contributed by atoms with Crippen molar-refractivity contribution in [2.45, 2.75) is 18.7 Å². The third kappa shape index (κ3) is 10.9. The van der Waals surface area contributed by atoms with Gasteiger partial charge < -0.3 is 14.4 Å². The van der Waals surface area contributed by atoms with Gasteiger partial charge in [0.2, 0.25) is 0 Å². The molecule has 1 aromatic heterocycles. The SMILES string of the molecule is CC(C[n+]1ccccc1)S(=O)(=O)O.C[N+](C)(C)CC(=O)[O-]. The Morgan fingerprint density at radius 3 is 2.00 bits per heavy atom. The van der Waals surface area contributed by atoms with Crippen LogP contribution in [0.1, 0.15) is 6.92 Å². The van der Waals surface area contributed by atoms with Gasteiger partial charge in [-0.2, -0.15) is 8.42 Å². The second kappa shape index (κ2) is 8.06.